The lowest BCUT2D eigenvalue weighted by Gasteiger charge is -2.03. The number of anilines is 1. The topological polar surface area (TPSA) is 51.8 Å². The summed E-state index contributed by atoms with van der Waals surface area (Å²) in [5.41, 5.74) is 6.35. The summed E-state index contributed by atoms with van der Waals surface area (Å²) in [6.07, 6.45) is 1.57. The lowest BCUT2D eigenvalue weighted by molar-refractivity contribution is 1.10. The van der Waals surface area contributed by atoms with Crippen LogP contribution in [0.5, 0.6) is 0 Å². The van der Waals surface area contributed by atoms with Crippen molar-refractivity contribution in [3.05, 3.63) is 40.6 Å². The van der Waals surface area contributed by atoms with Crippen molar-refractivity contribution in [1.29, 1.82) is 0 Å². The maximum absolute atomic E-state index is 5.79. The Balaban J connectivity index is 2.26. The summed E-state index contributed by atoms with van der Waals surface area (Å²) in [5.74, 6) is 0. The van der Waals surface area contributed by atoms with Crippen LogP contribution in [0, 0.1) is 0 Å². The third-order valence-corrected chi connectivity index (χ3v) is 3.16. The summed E-state index contributed by atoms with van der Waals surface area (Å²) in [5, 5.41) is 2.41. The van der Waals surface area contributed by atoms with E-state index in [4.69, 9.17) is 28.9 Å². The average molecular weight is 272 g/mol. The third-order valence-electron chi connectivity index (χ3n) is 1.76. The molecule has 6 heteroatoms. The van der Waals surface area contributed by atoms with E-state index in [1.807, 2.05) is 0 Å². The van der Waals surface area contributed by atoms with Crippen LogP contribution in [0.4, 0.5) is 5.69 Å². The molecule has 0 radical (unpaired) electrons. The predicted molar refractivity (Wildman–Crippen MR) is 67.0 cm³/mol. The number of aromatic nitrogens is 2. The van der Waals surface area contributed by atoms with Gasteiger partial charge in [0.1, 0.15) is 15.2 Å². The van der Waals surface area contributed by atoms with Crippen molar-refractivity contribution in [2.75, 3.05) is 5.73 Å². The van der Waals surface area contributed by atoms with Crippen LogP contribution in [0.25, 0.3) is 0 Å². The second kappa shape index (κ2) is 4.91. The zero-order valence-corrected chi connectivity index (χ0v) is 10.4. The molecule has 2 N–H and O–H groups in total. The standard InChI is InChI=1S/C10H7Cl2N3S/c11-6-1-4-9(14-5-6)16-10-7(13)2-3-8(12)15-10/h1-5H,13H2. The van der Waals surface area contributed by atoms with Gasteiger partial charge in [0.05, 0.1) is 10.7 Å². The van der Waals surface area contributed by atoms with Crippen LogP contribution < -0.4 is 5.73 Å². The summed E-state index contributed by atoms with van der Waals surface area (Å²) in [4.78, 5) is 8.26. The molecule has 82 valence electrons. The fraction of sp³-hybridized carbons (Fsp3) is 0. The van der Waals surface area contributed by atoms with Crippen LogP contribution in [0.1, 0.15) is 0 Å². The van der Waals surface area contributed by atoms with E-state index in [9.17, 15) is 0 Å². The van der Waals surface area contributed by atoms with Gasteiger partial charge >= 0.3 is 0 Å². The highest BCUT2D eigenvalue weighted by Crippen LogP contribution is 2.30. The lowest BCUT2D eigenvalue weighted by atomic mass is 10.4. The first kappa shape index (κ1) is 11.5. The molecule has 16 heavy (non-hydrogen) atoms. The SMILES string of the molecule is Nc1ccc(Cl)nc1Sc1ccc(Cl)cn1. The Bertz CT molecular complexity index is 502. The molecule has 0 unspecified atom stereocenters. The molecule has 0 atom stereocenters. The number of nitrogen functional groups attached to an aromatic ring is 1. The molecule has 0 aromatic carbocycles. The zero-order chi connectivity index (χ0) is 11.5. The van der Waals surface area contributed by atoms with Gasteiger partial charge in [-0.05, 0) is 36.0 Å². The van der Waals surface area contributed by atoms with Gasteiger partial charge in [0.2, 0.25) is 0 Å². The maximum atomic E-state index is 5.79. The van der Waals surface area contributed by atoms with E-state index in [1.54, 1.807) is 30.5 Å². The van der Waals surface area contributed by atoms with Gasteiger partial charge in [-0.3, -0.25) is 0 Å². The van der Waals surface area contributed by atoms with Crippen LogP contribution in [0.3, 0.4) is 0 Å². The average Bonchev–Trinajstić information content (AvgIpc) is 2.27. The monoisotopic (exact) mass is 271 g/mol. The zero-order valence-electron chi connectivity index (χ0n) is 8.02. The number of pyridine rings is 2. The molecule has 0 aliphatic heterocycles. The van der Waals surface area contributed by atoms with Gasteiger partial charge in [-0.2, -0.15) is 0 Å². The van der Waals surface area contributed by atoms with Gasteiger partial charge in [-0.1, -0.05) is 23.2 Å². The number of hydrogen-bond acceptors (Lipinski definition) is 4. The minimum atomic E-state index is 0.408. The van der Waals surface area contributed by atoms with Gasteiger partial charge < -0.3 is 5.73 Å². The van der Waals surface area contributed by atoms with Crippen molar-refractivity contribution in [3.8, 4) is 0 Å². The van der Waals surface area contributed by atoms with E-state index >= 15 is 0 Å². The first-order valence-electron chi connectivity index (χ1n) is 4.36. The fourth-order valence-electron chi connectivity index (χ4n) is 1.03. The summed E-state index contributed by atoms with van der Waals surface area (Å²) in [7, 11) is 0. The number of hydrogen-bond donors (Lipinski definition) is 1. The van der Waals surface area contributed by atoms with Crippen molar-refractivity contribution in [2.45, 2.75) is 10.1 Å². The van der Waals surface area contributed by atoms with E-state index in [2.05, 4.69) is 9.97 Å². The predicted octanol–water partition coefficient (Wildman–Crippen LogP) is 3.52. The largest absolute Gasteiger partial charge is 0.397 e. The highest BCUT2D eigenvalue weighted by atomic mass is 35.5. The number of nitrogens with two attached hydrogens (primary N) is 1. The molecule has 2 aromatic heterocycles. The van der Waals surface area contributed by atoms with Crippen LogP contribution in [-0.2, 0) is 0 Å². The number of halogens is 2. The van der Waals surface area contributed by atoms with Gasteiger partial charge in [0, 0.05) is 6.20 Å². The highest BCUT2D eigenvalue weighted by Gasteiger charge is 2.05. The minimum absolute atomic E-state index is 0.408. The Morgan fingerprint density at radius 1 is 1.12 bits per heavy atom. The third kappa shape index (κ3) is 2.78. The lowest BCUT2D eigenvalue weighted by Crippen LogP contribution is -1.92. The van der Waals surface area contributed by atoms with Crippen molar-refractivity contribution >= 4 is 40.7 Å². The molecule has 0 spiro atoms. The van der Waals surface area contributed by atoms with Crippen molar-refractivity contribution in [1.82, 2.24) is 9.97 Å². The molecule has 0 saturated heterocycles. The molecule has 2 heterocycles. The summed E-state index contributed by atoms with van der Waals surface area (Å²) >= 11 is 12.9. The van der Waals surface area contributed by atoms with Gasteiger partial charge in [0.15, 0.2) is 0 Å². The first-order chi connectivity index (χ1) is 7.65. The molecule has 0 saturated carbocycles. The summed E-state index contributed by atoms with van der Waals surface area (Å²) in [6.45, 7) is 0. The molecule has 2 aromatic rings. The van der Waals surface area contributed by atoms with E-state index < -0.39 is 0 Å². The second-order valence-corrected chi connectivity index (χ2v) is 4.78. The Morgan fingerprint density at radius 2 is 1.94 bits per heavy atom. The minimum Gasteiger partial charge on any atom is -0.397 e. The highest BCUT2D eigenvalue weighted by molar-refractivity contribution is 7.99. The number of rotatable bonds is 2. The van der Waals surface area contributed by atoms with Crippen LogP contribution >= 0.6 is 35.0 Å². The Morgan fingerprint density at radius 3 is 2.62 bits per heavy atom. The molecule has 0 aliphatic rings. The van der Waals surface area contributed by atoms with E-state index in [0.717, 1.165) is 5.03 Å². The normalized spacial score (nSPS) is 10.4. The fourth-order valence-corrected chi connectivity index (χ4v) is 2.11. The smallest absolute Gasteiger partial charge is 0.130 e. The van der Waals surface area contributed by atoms with E-state index in [1.165, 1.54) is 11.8 Å². The molecular formula is C10H7Cl2N3S. The quantitative estimate of drug-likeness (QED) is 0.850. The first-order valence-corrected chi connectivity index (χ1v) is 5.94. The molecule has 3 nitrogen and oxygen atoms in total. The van der Waals surface area contributed by atoms with Gasteiger partial charge in [0.25, 0.3) is 0 Å². The molecule has 0 amide bonds. The molecule has 0 fully saturated rings. The Labute approximate surface area is 107 Å². The molecule has 0 bridgehead atoms. The van der Waals surface area contributed by atoms with E-state index in [0.29, 0.717) is 20.9 Å². The number of nitrogens with zero attached hydrogens (tertiary/aromatic N) is 2. The van der Waals surface area contributed by atoms with Crippen LogP contribution in [0.2, 0.25) is 10.2 Å². The van der Waals surface area contributed by atoms with E-state index in [-0.39, 0.29) is 0 Å². The van der Waals surface area contributed by atoms with Crippen molar-refractivity contribution in [3.63, 3.8) is 0 Å². The van der Waals surface area contributed by atoms with Crippen molar-refractivity contribution < 1.29 is 0 Å². The molecule has 0 aliphatic carbocycles. The second-order valence-electron chi connectivity index (χ2n) is 2.95. The summed E-state index contributed by atoms with van der Waals surface area (Å²) in [6, 6.07) is 6.93. The summed E-state index contributed by atoms with van der Waals surface area (Å²) < 4.78 is 0. The Kier molecular flexibility index (Phi) is 3.53. The molecular weight excluding hydrogens is 265 g/mol. The van der Waals surface area contributed by atoms with Crippen molar-refractivity contribution in [2.24, 2.45) is 0 Å². The van der Waals surface area contributed by atoms with Gasteiger partial charge in [-0.15, -0.1) is 0 Å². The van der Waals surface area contributed by atoms with Crippen LogP contribution in [-0.4, -0.2) is 9.97 Å². The van der Waals surface area contributed by atoms with Crippen LogP contribution in [0.15, 0.2) is 40.5 Å². The maximum Gasteiger partial charge on any atom is 0.130 e. The molecule has 2 rings (SSSR count). The van der Waals surface area contributed by atoms with Gasteiger partial charge in [-0.25, -0.2) is 9.97 Å². The Hall–Kier alpha value is -0.970.